The minimum Gasteiger partial charge on any atom is -0.388 e. The molecular weight excluding hydrogens is 324 g/mol. The van der Waals surface area contributed by atoms with Crippen LogP contribution in [0.1, 0.15) is 36.8 Å². The van der Waals surface area contributed by atoms with Gasteiger partial charge in [0, 0.05) is 5.39 Å². The molecule has 23 heavy (non-hydrogen) atoms. The molecule has 0 fully saturated rings. The van der Waals surface area contributed by atoms with Gasteiger partial charge in [-0.2, -0.15) is 26.3 Å². The second-order valence-corrected chi connectivity index (χ2v) is 5.48. The molecule has 1 heterocycles. The molecule has 2 nitrogen and oxygen atoms in total. The van der Waals surface area contributed by atoms with Gasteiger partial charge < -0.3 is 5.11 Å². The highest BCUT2D eigenvalue weighted by molar-refractivity contribution is 5.86. The third kappa shape index (κ3) is 3.41. The molecule has 0 aliphatic heterocycles. The number of benzene rings is 1. The van der Waals surface area contributed by atoms with E-state index in [0.717, 1.165) is 6.07 Å². The molecule has 2 rings (SSSR count). The minimum absolute atomic E-state index is 0.144. The van der Waals surface area contributed by atoms with Crippen LogP contribution in [-0.2, 0) is 12.4 Å². The van der Waals surface area contributed by atoms with Gasteiger partial charge in [0.1, 0.15) is 5.69 Å². The number of halogens is 6. The predicted octanol–water partition coefficient (Wildman–Crippen LogP) is 4.96. The molecule has 1 aromatic heterocycles. The SMILES string of the molecule is CC(C)[C@H](O)c1cc(C(F)(F)F)nc2c(C(F)(F)F)cccc12. The zero-order valence-electron chi connectivity index (χ0n) is 12.1. The van der Waals surface area contributed by atoms with Crippen LogP contribution in [0.25, 0.3) is 10.9 Å². The molecule has 1 N–H and O–H groups in total. The number of aliphatic hydroxyl groups excluding tert-OH is 1. The number of hydrogen-bond acceptors (Lipinski definition) is 2. The first kappa shape index (κ1) is 17.5. The van der Waals surface area contributed by atoms with Crippen molar-refractivity contribution in [2.75, 3.05) is 0 Å². The van der Waals surface area contributed by atoms with Crippen LogP contribution in [0.3, 0.4) is 0 Å². The van der Waals surface area contributed by atoms with Crippen molar-refractivity contribution in [3.63, 3.8) is 0 Å². The Bertz CT molecular complexity index is 720. The maximum Gasteiger partial charge on any atom is 0.433 e. The zero-order chi connectivity index (χ0) is 17.6. The first-order valence-electron chi connectivity index (χ1n) is 6.69. The number of rotatable bonds is 2. The fourth-order valence-electron chi connectivity index (χ4n) is 2.25. The molecule has 0 spiro atoms. The van der Waals surface area contributed by atoms with Gasteiger partial charge in [0.15, 0.2) is 0 Å². The highest BCUT2D eigenvalue weighted by atomic mass is 19.4. The van der Waals surface area contributed by atoms with E-state index in [1.54, 1.807) is 13.8 Å². The van der Waals surface area contributed by atoms with Crippen molar-refractivity contribution in [3.8, 4) is 0 Å². The molecule has 1 atom stereocenters. The molecule has 0 aliphatic carbocycles. The Balaban J connectivity index is 2.89. The van der Waals surface area contributed by atoms with Gasteiger partial charge in [-0.25, -0.2) is 4.98 Å². The summed E-state index contributed by atoms with van der Waals surface area (Å²) in [5.41, 5.74) is -3.76. The molecule has 1 aromatic carbocycles. The number of nitrogens with zero attached hydrogens (tertiary/aromatic N) is 1. The first-order chi connectivity index (χ1) is 10.4. The van der Waals surface area contributed by atoms with Crippen LogP contribution in [0.15, 0.2) is 24.3 Å². The monoisotopic (exact) mass is 337 g/mol. The van der Waals surface area contributed by atoms with Crippen molar-refractivity contribution >= 4 is 10.9 Å². The van der Waals surface area contributed by atoms with Crippen LogP contribution in [-0.4, -0.2) is 10.1 Å². The number of aliphatic hydroxyl groups is 1. The zero-order valence-corrected chi connectivity index (χ0v) is 12.1. The van der Waals surface area contributed by atoms with E-state index >= 15 is 0 Å². The predicted molar refractivity (Wildman–Crippen MR) is 71.5 cm³/mol. The van der Waals surface area contributed by atoms with Gasteiger partial charge in [-0.15, -0.1) is 0 Å². The van der Waals surface area contributed by atoms with Crippen molar-refractivity contribution < 1.29 is 31.4 Å². The highest BCUT2D eigenvalue weighted by Gasteiger charge is 2.38. The first-order valence-corrected chi connectivity index (χ1v) is 6.69. The lowest BCUT2D eigenvalue weighted by Gasteiger charge is -2.20. The van der Waals surface area contributed by atoms with Gasteiger partial charge in [0.25, 0.3) is 0 Å². The average molecular weight is 337 g/mol. The summed E-state index contributed by atoms with van der Waals surface area (Å²) in [4.78, 5) is 3.16. The van der Waals surface area contributed by atoms with Crippen LogP contribution in [0.4, 0.5) is 26.3 Å². The number of para-hydroxylation sites is 1. The van der Waals surface area contributed by atoms with Crippen molar-refractivity contribution in [1.29, 1.82) is 0 Å². The standard InChI is InChI=1S/C15H13F6NO/c1-7(2)13(23)9-6-11(15(19,20)21)22-12-8(9)4-3-5-10(12)14(16,17)18/h3-7,13,23H,1-2H3/t13-/m0/s1. The van der Waals surface area contributed by atoms with E-state index in [1.807, 2.05) is 0 Å². The lowest BCUT2D eigenvalue weighted by molar-refractivity contribution is -0.142. The Morgan fingerprint density at radius 1 is 1.00 bits per heavy atom. The van der Waals surface area contributed by atoms with Gasteiger partial charge in [-0.3, -0.25) is 0 Å². The summed E-state index contributed by atoms with van der Waals surface area (Å²) >= 11 is 0. The maximum atomic E-state index is 13.1. The second kappa shape index (κ2) is 5.67. The fourth-order valence-corrected chi connectivity index (χ4v) is 2.25. The fraction of sp³-hybridized carbons (Fsp3) is 0.400. The third-order valence-corrected chi connectivity index (χ3v) is 3.42. The number of aromatic nitrogens is 1. The molecule has 0 unspecified atom stereocenters. The molecule has 0 radical (unpaired) electrons. The van der Waals surface area contributed by atoms with E-state index in [9.17, 15) is 31.4 Å². The Hall–Kier alpha value is -1.83. The summed E-state index contributed by atoms with van der Waals surface area (Å²) in [6.07, 6.45) is -11.1. The number of hydrogen-bond donors (Lipinski definition) is 1. The van der Waals surface area contributed by atoms with E-state index < -0.39 is 41.1 Å². The molecule has 126 valence electrons. The van der Waals surface area contributed by atoms with Crippen molar-refractivity contribution in [1.82, 2.24) is 4.98 Å². The Labute approximate surface area is 127 Å². The lowest BCUT2D eigenvalue weighted by Crippen LogP contribution is -2.15. The van der Waals surface area contributed by atoms with Crippen LogP contribution >= 0.6 is 0 Å². The molecule has 0 aliphatic rings. The van der Waals surface area contributed by atoms with E-state index in [2.05, 4.69) is 4.98 Å². The van der Waals surface area contributed by atoms with Gasteiger partial charge in [-0.1, -0.05) is 26.0 Å². The quantitative estimate of drug-likeness (QED) is 0.786. The average Bonchev–Trinajstić information content (AvgIpc) is 2.42. The molecule has 0 saturated carbocycles. The van der Waals surface area contributed by atoms with Crippen molar-refractivity contribution in [2.24, 2.45) is 5.92 Å². The largest absolute Gasteiger partial charge is 0.433 e. The third-order valence-electron chi connectivity index (χ3n) is 3.42. The summed E-state index contributed by atoms with van der Waals surface area (Å²) in [5, 5.41) is 9.96. The molecule has 0 amide bonds. The van der Waals surface area contributed by atoms with Gasteiger partial charge >= 0.3 is 12.4 Å². The van der Waals surface area contributed by atoms with Crippen molar-refractivity contribution in [2.45, 2.75) is 32.3 Å². The summed E-state index contributed by atoms with van der Waals surface area (Å²) in [5.74, 6) is -0.476. The van der Waals surface area contributed by atoms with Gasteiger partial charge in [0.05, 0.1) is 17.2 Å². The Kier molecular flexibility index (Phi) is 4.32. The smallest absolute Gasteiger partial charge is 0.388 e. The highest BCUT2D eigenvalue weighted by Crippen LogP contribution is 2.39. The molecule has 0 bridgehead atoms. The normalized spacial score (nSPS) is 14.5. The summed E-state index contributed by atoms with van der Waals surface area (Å²) in [7, 11) is 0. The van der Waals surface area contributed by atoms with Crippen LogP contribution in [0.5, 0.6) is 0 Å². The summed E-state index contributed by atoms with van der Waals surface area (Å²) < 4.78 is 78.1. The van der Waals surface area contributed by atoms with Crippen LogP contribution in [0.2, 0.25) is 0 Å². The number of pyridine rings is 1. The number of alkyl halides is 6. The molecule has 8 heteroatoms. The Morgan fingerprint density at radius 3 is 2.09 bits per heavy atom. The number of fused-ring (bicyclic) bond motifs is 1. The van der Waals surface area contributed by atoms with Gasteiger partial charge in [-0.05, 0) is 23.6 Å². The molecule has 2 aromatic rings. The maximum absolute atomic E-state index is 13.1. The van der Waals surface area contributed by atoms with E-state index in [4.69, 9.17) is 0 Å². The summed E-state index contributed by atoms with van der Waals surface area (Å²) in [6, 6.07) is 3.57. The summed E-state index contributed by atoms with van der Waals surface area (Å²) in [6.45, 7) is 3.11. The minimum atomic E-state index is -4.92. The Morgan fingerprint density at radius 2 is 1.61 bits per heavy atom. The van der Waals surface area contributed by atoms with Crippen LogP contribution in [0, 0.1) is 5.92 Å². The van der Waals surface area contributed by atoms with E-state index in [1.165, 1.54) is 6.07 Å². The van der Waals surface area contributed by atoms with Crippen molar-refractivity contribution in [3.05, 3.63) is 41.1 Å². The molecule has 0 saturated heterocycles. The topological polar surface area (TPSA) is 33.1 Å². The van der Waals surface area contributed by atoms with Gasteiger partial charge in [0.2, 0.25) is 0 Å². The van der Waals surface area contributed by atoms with E-state index in [-0.39, 0.29) is 10.9 Å². The molecular formula is C15H13F6NO. The lowest BCUT2D eigenvalue weighted by atomic mass is 9.94. The van der Waals surface area contributed by atoms with E-state index in [0.29, 0.717) is 12.1 Å². The van der Waals surface area contributed by atoms with Crippen LogP contribution < -0.4 is 0 Å². The second-order valence-electron chi connectivity index (χ2n) is 5.48.